The van der Waals surface area contributed by atoms with E-state index in [0.29, 0.717) is 11.6 Å². The van der Waals surface area contributed by atoms with E-state index in [9.17, 15) is 0 Å². The Morgan fingerprint density at radius 2 is 1.77 bits per heavy atom. The molecule has 2 fully saturated rings. The van der Waals surface area contributed by atoms with Gasteiger partial charge in [0.25, 0.3) is 0 Å². The Kier molecular flexibility index (Phi) is 3.12. The number of fused-ring (bicyclic) bond motifs is 1. The number of rotatable bonds is 3. The number of hydrogen-bond acceptors (Lipinski definition) is 2. The maximum atomic E-state index is 6.05. The van der Waals surface area contributed by atoms with E-state index in [2.05, 4.69) is 48.2 Å². The van der Waals surface area contributed by atoms with Gasteiger partial charge in [-0.3, -0.25) is 0 Å². The molecule has 0 N–H and O–H groups in total. The fraction of sp³-hybridized carbons (Fsp3) is 0.368. The maximum Gasteiger partial charge on any atom is 0.118 e. The van der Waals surface area contributed by atoms with E-state index in [1.807, 2.05) is 12.1 Å². The molecule has 0 bridgehead atoms. The van der Waals surface area contributed by atoms with Crippen LogP contribution >= 0.6 is 11.6 Å². The van der Waals surface area contributed by atoms with Crippen LogP contribution in [0.1, 0.15) is 31.4 Å². The van der Waals surface area contributed by atoms with Crippen LogP contribution in [0, 0.1) is 5.92 Å². The van der Waals surface area contributed by atoms with Gasteiger partial charge in [-0.2, -0.15) is 0 Å². The highest BCUT2D eigenvalue weighted by Gasteiger charge is 2.62. The molecule has 3 atom stereocenters. The van der Waals surface area contributed by atoms with Crippen molar-refractivity contribution >= 4 is 17.3 Å². The van der Waals surface area contributed by atoms with Gasteiger partial charge in [0, 0.05) is 16.2 Å². The van der Waals surface area contributed by atoms with Crippen molar-refractivity contribution in [3.63, 3.8) is 0 Å². The molecule has 1 saturated carbocycles. The third-order valence-electron chi connectivity index (χ3n) is 5.35. The third kappa shape index (κ3) is 2.09. The Balaban J connectivity index is 1.70. The molecule has 0 aromatic heterocycles. The summed E-state index contributed by atoms with van der Waals surface area (Å²) < 4.78 is 5.28. The summed E-state index contributed by atoms with van der Waals surface area (Å²) in [6.07, 6.45) is 2.52. The Morgan fingerprint density at radius 3 is 2.41 bits per heavy atom. The molecule has 2 aliphatic rings. The number of nitrogens with zero attached hydrogens (tertiary/aromatic N) is 1. The smallest absolute Gasteiger partial charge is 0.118 e. The number of benzene rings is 2. The molecule has 0 spiro atoms. The zero-order valence-electron chi connectivity index (χ0n) is 12.9. The summed E-state index contributed by atoms with van der Waals surface area (Å²) in [5, 5.41) is 0.793. The molecule has 1 heterocycles. The van der Waals surface area contributed by atoms with Crippen LogP contribution in [0.5, 0.6) is 5.75 Å². The van der Waals surface area contributed by atoms with Gasteiger partial charge in [0.1, 0.15) is 5.75 Å². The lowest BCUT2D eigenvalue weighted by atomic mass is 10.0. The lowest BCUT2D eigenvalue weighted by Gasteiger charge is -2.35. The van der Waals surface area contributed by atoms with Gasteiger partial charge < -0.3 is 9.64 Å². The van der Waals surface area contributed by atoms with Crippen molar-refractivity contribution in [3.05, 3.63) is 59.1 Å². The minimum absolute atomic E-state index is 0.304. The first-order chi connectivity index (χ1) is 10.6. The van der Waals surface area contributed by atoms with Gasteiger partial charge in [0.05, 0.1) is 13.2 Å². The van der Waals surface area contributed by atoms with Crippen LogP contribution in [-0.2, 0) is 0 Å². The van der Waals surface area contributed by atoms with Crippen molar-refractivity contribution in [2.45, 2.75) is 31.3 Å². The van der Waals surface area contributed by atoms with Gasteiger partial charge in [-0.1, -0.05) is 23.7 Å². The molecule has 2 aromatic carbocycles. The van der Waals surface area contributed by atoms with Gasteiger partial charge >= 0.3 is 0 Å². The number of anilines is 1. The van der Waals surface area contributed by atoms with Crippen molar-refractivity contribution in [3.8, 4) is 5.75 Å². The largest absolute Gasteiger partial charge is 0.497 e. The highest BCUT2D eigenvalue weighted by Crippen LogP contribution is 2.63. The van der Waals surface area contributed by atoms with Gasteiger partial charge in [-0.05, 0) is 67.6 Å². The average Bonchev–Trinajstić information content (AvgIpc) is 3.10. The molecule has 1 saturated heterocycles. The van der Waals surface area contributed by atoms with E-state index in [0.717, 1.165) is 16.7 Å². The molecular formula is C19H20ClNO. The summed E-state index contributed by atoms with van der Waals surface area (Å²) in [4.78, 5) is 2.59. The molecule has 2 aromatic rings. The van der Waals surface area contributed by atoms with Crippen LogP contribution in [0.3, 0.4) is 0 Å². The minimum atomic E-state index is 0.304. The number of piperidine rings is 1. The summed E-state index contributed by atoms with van der Waals surface area (Å²) in [6.45, 7) is 2.38. The lowest BCUT2D eigenvalue weighted by Crippen LogP contribution is -2.34. The summed E-state index contributed by atoms with van der Waals surface area (Å²) in [5.41, 5.74) is 2.94. The molecule has 3 heteroatoms. The predicted octanol–water partition coefficient (Wildman–Crippen LogP) is 5.08. The van der Waals surface area contributed by atoms with Gasteiger partial charge in [0.15, 0.2) is 0 Å². The molecule has 1 aliphatic carbocycles. The maximum absolute atomic E-state index is 6.05. The highest BCUT2D eigenvalue weighted by molar-refractivity contribution is 6.30. The van der Waals surface area contributed by atoms with Crippen LogP contribution in [0.15, 0.2) is 48.5 Å². The van der Waals surface area contributed by atoms with Crippen molar-refractivity contribution in [1.29, 1.82) is 0 Å². The van der Waals surface area contributed by atoms with E-state index in [1.54, 1.807) is 7.11 Å². The van der Waals surface area contributed by atoms with Crippen molar-refractivity contribution in [2.75, 3.05) is 12.0 Å². The monoisotopic (exact) mass is 313 g/mol. The summed E-state index contributed by atoms with van der Waals surface area (Å²) in [6, 6.07) is 17.2. The second-order valence-electron chi connectivity index (χ2n) is 6.63. The molecule has 4 rings (SSSR count). The van der Waals surface area contributed by atoms with E-state index in [4.69, 9.17) is 16.3 Å². The van der Waals surface area contributed by atoms with Crippen molar-refractivity contribution in [2.24, 2.45) is 5.92 Å². The fourth-order valence-corrected chi connectivity index (χ4v) is 4.12. The second-order valence-corrected chi connectivity index (χ2v) is 7.07. The summed E-state index contributed by atoms with van der Waals surface area (Å²) >= 11 is 6.05. The fourth-order valence-electron chi connectivity index (χ4n) is 3.99. The molecule has 2 nitrogen and oxygen atoms in total. The Bertz CT molecular complexity index is 682. The van der Waals surface area contributed by atoms with Gasteiger partial charge in [-0.15, -0.1) is 0 Å². The zero-order chi connectivity index (χ0) is 15.3. The molecule has 2 unspecified atom stereocenters. The van der Waals surface area contributed by atoms with Crippen LogP contribution in [0.25, 0.3) is 0 Å². The molecule has 0 radical (unpaired) electrons. The van der Waals surface area contributed by atoms with Gasteiger partial charge in [-0.25, -0.2) is 0 Å². The number of halogens is 1. The Labute approximate surface area is 136 Å². The summed E-state index contributed by atoms with van der Waals surface area (Å²) in [7, 11) is 1.71. The molecule has 0 amide bonds. The normalized spacial score (nSPS) is 29.3. The predicted molar refractivity (Wildman–Crippen MR) is 90.8 cm³/mol. The Hall–Kier alpha value is -1.67. The minimum Gasteiger partial charge on any atom is -0.497 e. The number of ether oxygens (including phenoxy) is 1. The zero-order valence-corrected chi connectivity index (χ0v) is 13.7. The van der Waals surface area contributed by atoms with Crippen LogP contribution in [0.2, 0.25) is 5.02 Å². The van der Waals surface area contributed by atoms with Crippen LogP contribution in [-0.4, -0.2) is 12.6 Å². The van der Waals surface area contributed by atoms with E-state index >= 15 is 0 Å². The quantitative estimate of drug-likeness (QED) is 0.783. The van der Waals surface area contributed by atoms with Crippen molar-refractivity contribution < 1.29 is 4.74 Å². The van der Waals surface area contributed by atoms with E-state index in [1.165, 1.54) is 24.1 Å². The highest BCUT2D eigenvalue weighted by atomic mass is 35.5. The first-order valence-corrected chi connectivity index (χ1v) is 8.18. The first kappa shape index (κ1) is 14.0. The molecular weight excluding hydrogens is 294 g/mol. The topological polar surface area (TPSA) is 12.5 Å². The first-order valence-electron chi connectivity index (χ1n) is 7.81. The number of methoxy groups -OCH3 is 1. The lowest BCUT2D eigenvalue weighted by molar-refractivity contribution is 0.414. The van der Waals surface area contributed by atoms with Crippen molar-refractivity contribution in [1.82, 2.24) is 0 Å². The van der Waals surface area contributed by atoms with Gasteiger partial charge in [0.2, 0.25) is 0 Å². The van der Waals surface area contributed by atoms with E-state index < -0.39 is 0 Å². The van der Waals surface area contributed by atoms with Crippen LogP contribution < -0.4 is 9.64 Å². The standard InChI is InChI=1S/C19H20ClNO/c1-19-12-14(19)11-18(13-3-9-17(22-2)10-4-13)21(19)16-7-5-15(20)6-8-16/h3-10,14,18H,11-12H2,1-2H3/t14?,18?,19-/m1/s1. The summed E-state index contributed by atoms with van der Waals surface area (Å²) in [5.74, 6) is 1.71. The van der Waals surface area contributed by atoms with E-state index in [-0.39, 0.29) is 0 Å². The SMILES string of the molecule is COc1ccc(C2CC3C[C@@]3(C)N2c2ccc(Cl)cc2)cc1. The Morgan fingerprint density at radius 1 is 1.09 bits per heavy atom. The average molecular weight is 314 g/mol. The number of hydrogen-bond donors (Lipinski definition) is 0. The second kappa shape index (κ2) is 4.92. The third-order valence-corrected chi connectivity index (χ3v) is 5.61. The molecule has 114 valence electrons. The molecule has 22 heavy (non-hydrogen) atoms. The molecule has 1 aliphatic heterocycles. The van der Waals surface area contributed by atoms with Crippen LogP contribution in [0.4, 0.5) is 5.69 Å².